The Kier molecular flexibility index (Phi) is 7.75. The van der Waals surface area contributed by atoms with Crippen LogP contribution in [0.3, 0.4) is 0 Å². The molecule has 0 amide bonds. The molecule has 1 aliphatic heterocycles. The Bertz CT molecular complexity index is 1300. The van der Waals surface area contributed by atoms with E-state index in [2.05, 4.69) is 68.7 Å². The highest BCUT2D eigenvalue weighted by Gasteiger charge is 2.32. The minimum atomic E-state index is -0.407. The minimum absolute atomic E-state index is 0.108. The zero-order valence-electron chi connectivity index (χ0n) is 21.2. The van der Waals surface area contributed by atoms with Crippen LogP contribution < -0.4 is 15.0 Å². The van der Waals surface area contributed by atoms with Gasteiger partial charge in [0.05, 0.1) is 17.6 Å². The van der Waals surface area contributed by atoms with Gasteiger partial charge in [-0.3, -0.25) is 15.0 Å². The van der Waals surface area contributed by atoms with Crippen molar-refractivity contribution in [2.24, 2.45) is 0 Å². The predicted octanol–water partition coefficient (Wildman–Crippen LogP) is 5.44. The first-order valence-electron chi connectivity index (χ1n) is 12.7. The van der Waals surface area contributed by atoms with Gasteiger partial charge in [-0.05, 0) is 42.3 Å². The number of aromatic nitrogens is 2. The maximum absolute atomic E-state index is 12.2. The van der Waals surface area contributed by atoms with E-state index in [1.54, 1.807) is 0 Å². The number of hydrogen-bond donors (Lipinski definition) is 1. The van der Waals surface area contributed by atoms with E-state index in [-0.39, 0.29) is 17.5 Å². The van der Waals surface area contributed by atoms with Crippen LogP contribution in [0.15, 0.2) is 91.3 Å². The molecule has 0 radical (unpaired) electrons. The van der Waals surface area contributed by atoms with Crippen LogP contribution in [0.5, 0.6) is 5.75 Å². The van der Waals surface area contributed by atoms with E-state index in [1.165, 1.54) is 17.5 Å². The number of rotatable bonds is 9. The first kappa shape index (κ1) is 25.2. The minimum Gasteiger partial charge on any atom is -0.494 e. The molecule has 0 bridgehead atoms. The van der Waals surface area contributed by atoms with E-state index in [9.17, 15) is 10.1 Å². The second-order valence-corrected chi connectivity index (χ2v) is 8.98. The second kappa shape index (κ2) is 11.7. The van der Waals surface area contributed by atoms with E-state index in [0.29, 0.717) is 31.2 Å². The molecule has 9 nitrogen and oxygen atoms in total. The van der Waals surface area contributed by atoms with E-state index in [4.69, 9.17) is 4.74 Å². The summed E-state index contributed by atoms with van der Waals surface area (Å²) in [6.45, 7) is 5.17. The van der Waals surface area contributed by atoms with Crippen LogP contribution in [0.4, 0.5) is 23.0 Å². The average Bonchev–Trinajstić information content (AvgIpc) is 2.96. The molecule has 0 aliphatic carbocycles. The lowest BCUT2D eigenvalue weighted by atomic mass is 9.96. The fourth-order valence-corrected chi connectivity index (χ4v) is 4.88. The van der Waals surface area contributed by atoms with Crippen molar-refractivity contribution in [2.75, 3.05) is 43.0 Å². The fourth-order valence-electron chi connectivity index (χ4n) is 4.88. The molecule has 0 atom stereocenters. The number of benzene rings is 3. The van der Waals surface area contributed by atoms with Crippen molar-refractivity contribution < 1.29 is 9.66 Å². The Labute approximate surface area is 221 Å². The Balaban J connectivity index is 1.36. The molecule has 2 heterocycles. The van der Waals surface area contributed by atoms with E-state index < -0.39 is 4.92 Å². The summed E-state index contributed by atoms with van der Waals surface area (Å²) >= 11 is 0. The van der Waals surface area contributed by atoms with E-state index in [1.807, 2.05) is 48.2 Å². The molecular weight excluding hydrogens is 480 g/mol. The predicted molar refractivity (Wildman–Crippen MR) is 148 cm³/mol. The van der Waals surface area contributed by atoms with Crippen molar-refractivity contribution in [1.29, 1.82) is 0 Å². The molecular formula is C29H30N6O3. The second-order valence-electron chi connectivity index (χ2n) is 8.98. The standard InChI is InChI=1S/C29H30N6O3/c1-2-38-25-15-13-24(14-16-25)32-28-27(35(36)37)29(31-21-30-28)34-19-17-33(18-20-34)26(22-9-5-3-6-10-22)23-11-7-4-8-12-23/h3-16,21,26H,2,17-20H2,1H3,(H,30,31,32). The quantitative estimate of drug-likeness (QED) is 0.235. The molecule has 4 aromatic rings. The number of piperazine rings is 1. The Morgan fingerprint density at radius 2 is 1.50 bits per heavy atom. The van der Waals surface area contributed by atoms with Gasteiger partial charge in [-0.15, -0.1) is 0 Å². The van der Waals surface area contributed by atoms with Crippen molar-refractivity contribution in [3.05, 3.63) is 112 Å². The summed E-state index contributed by atoms with van der Waals surface area (Å²) < 4.78 is 5.48. The number of nitrogens with one attached hydrogen (secondary N) is 1. The summed E-state index contributed by atoms with van der Waals surface area (Å²) in [5.41, 5.74) is 3.00. The molecule has 0 unspecified atom stereocenters. The van der Waals surface area contributed by atoms with Gasteiger partial charge in [0.15, 0.2) is 0 Å². The molecule has 0 spiro atoms. The van der Waals surface area contributed by atoms with Gasteiger partial charge in [-0.25, -0.2) is 9.97 Å². The third-order valence-electron chi connectivity index (χ3n) is 6.62. The number of hydrogen-bond acceptors (Lipinski definition) is 8. The van der Waals surface area contributed by atoms with E-state index in [0.717, 1.165) is 18.8 Å². The molecule has 1 aromatic heterocycles. The molecule has 3 aromatic carbocycles. The lowest BCUT2D eigenvalue weighted by molar-refractivity contribution is -0.383. The number of anilines is 3. The van der Waals surface area contributed by atoms with Gasteiger partial charge >= 0.3 is 5.69 Å². The number of nitrogens with zero attached hydrogens (tertiary/aromatic N) is 5. The SMILES string of the molecule is CCOc1ccc(Nc2ncnc(N3CCN(C(c4ccccc4)c4ccccc4)CC3)c2[N+](=O)[O-])cc1. The maximum atomic E-state index is 12.2. The maximum Gasteiger partial charge on any atom is 0.353 e. The van der Waals surface area contributed by atoms with Gasteiger partial charge in [-0.1, -0.05) is 60.7 Å². The van der Waals surface area contributed by atoms with Crippen LogP contribution >= 0.6 is 0 Å². The highest BCUT2D eigenvalue weighted by molar-refractivity contribution is 5.74. The smallest absolute Gasteiger partial charge is 0.353 e. The molecule has 1 fully saturated rings. The van der Waals surface area contributed by atoms with Crippen LogP contribution in [-0.4, -0.2) is 52.6 Å². The van der Waals surface area contributed by atoms with Gasteiger partial charge in [0.1, 0.15) is 12.1 Å². The fraction of sp³-hybridized carbons (Fsp3) is 0.241. The third kappa shape index (κ3) is 5.57. The van der Waals surface area contributed by atoms with E-state index >= 15 is 0 Å². The molecule has 0 saturated carbocycles. The van der Waals surface area contributed by atoms with Gasteiger partial charge < -0.3 is 15.0 Å². The average molecular weight is 511 g/mol. The third-order valence-corrected chi connectivity index (χ3v) is 6.62. The summed E-state index contributed by atoms with van der Waals surface area (Å²) in [6, 6.07) is 28.2. The van der Waals surface area contributed by atoms with Gasteiger partial charge in [-0.2, -0.15) is 0 Å². The zero-order valence-corrected chi connectivity index (χ0v) is 21.2. The highest BCUT2D eigenvalue weighted by Crippen LogP contribution is 2.36. The van der Waals surface area contributed by atoms with Crippen molar-refractivity contribution in [2.45, 2.75) is 13.0 Å². The normalized spacial score (nSPS) is 13.9. The summed E-state index contributed by atoms with van der Waals surface area (Å²) in [4.78, 5) is 24.7. The van der Waals surface area contributed by atoms with Crippen LogP contribution in [0.25, 0.3) is 0 Å². The molecule has 5 rings (SSSR count). The Morgan fingerprint density at radius 3 is 2.05 bits per heavy atom. The van der Waals surface area contributed by atoms with Crippen LogP contribution in [0, 0.1) is 10.1 Å². The van der Waals surface area contributed by atoms with Crippen molar-refractivity contribution in [3.63, 3.8) is 0 Å². The molecule has 194 valence electrons. The summed E-state index contributed by atoms with van der Waals surface area (Å²) in [7, 11) is 0. The summed E-state index contributed by atoms with van der Waals surface area (Å²) in [5.74, 6) is 1.23. The van der Waals surface area contributed by atoms with Crippen molar-refractivity contribution >= 4 is 23.0 Å². The molecule has 1 aliphatic rings. The zero-order chi connectivity index (χ0) is 26.3. The van der Waals surface area contributed by atoms with Gasteiger partial charge in [0, 0.05) is 31.9 Å². The van der Waals surface area contributed by atoms with Gasteiger partial charge in [0.25, 0.3) is 0 Å². The Morgan fingerprint density at radius 1 is 0.895 bits per heavy atom. The monoisotopic (exact) mass is 510 g/mol. The molecule has 1 N–H and O–H groups in total. The van der Waals surface area contributed by atoms with Crippen molar-refractivity contribution in [3.8, 4) is 5.75 Å². The van der Waals surface area contributed by atoms with Gasteiger partial charge in [0.2, 0.25) is 11.6 Å². The first-order chi connectivity index (χ1) is 18.6. The number of ether oxygens (including phenoxy) is 1. The summed E-state index contributed by atoms with van der Waals surface area (Å²) in [5, 5.41) is 15.3. The lowest BCUT2D eigenvalue weighted by Crippen LogP contribution is -2.48. The van der Waals surface area contributed by atoms with Crippen molar-refractivity contribution in [1.82, 2.24) is 14.9 Å². The molecule has 38 heavy (non-hydrogen) atoms. The molecule has 1 saturated heterocycles. The number of nitro groups is 1. The molecule has 9 heteroatoms. The Hall–Kier alpha value is -4.50. The highest BCUT2D eigenvalue weighted by atomic mass is 16.6. The first-order valence-corrected chi connectivity index (χ1v) is 12.7. The largest absolute Gasteiger partial charge is 0.494 e. The lowest BCUT2D eigenvalue weighted by Gasteiger charge is -2.40. The van der Waals surface area contributed by atoms with Crippen LogP contribution in [0.2, 0.25) is 0 Å². The van der Waals surface area contributed by atoms with Crippen LogP contribution in [0.1, 0.15) is 24.1 Å². The van der Waals surface area contributed by atoms with Crippen LogP contribution in [-0.2, 0) is 0 Å². The topological polar surface area (TPSA) is 96.7 Å². The summed E-state index contributed by atoms with van der Waals surface area (Å²) in [6.07, 6.45) is 1.38.